The van der Waals surface area contributed by atoms with Crippen molar-refractivity contribution >= 4 is 23.1 Å². The summed E-state index contributed by atoms with van der Waals surface area (Å²) in [5.74, 6) is 0.278. The fraction of sp³-hybridized carbons (Fsp3) is 0.290. The number of allylic oxidation sites excluding steroid dienone is 3. The zero-order valence-electron chi connectivity index (χ0n) is 22.4. The highest BCUT2D eigenvalue weighted by molar-refractivity contribution is 7.10. The third-order valence-electron chi connectivity index (χ3n) is 7.23. The molecule has 0 saturated heterocycles. The molecule has 0 spiro atoms. The van der Waals surface area contributed by atoms with E-state index in [1.165, 1.54) is 12.0 Å². The number of hydrogen-bond acceptors (Lipinski definition) is 8. The highest BCUT2D eigenvalue weighted by Gasteiger charge is 2.42. The fourth-order valence-electron chi connectivity index (χ4n) is 5.44. The molecule has 2 aliphatic rings. The Morgan fingerprint density at radius 3 is 2.31 bits per heavy atom. The van der Waals surface area contributed by atoms with Crippen molar-refractivity contribution in [3.8, 4) is 17.2 Å². The summed E-state index contributed by atoms with van der Waals surface area (Å²) in [6, 6.07) is 17.2. The molecule has 2 atom stereocenters. The molecular weight excluding hydrogens is 514 g/mol. The molecule has 2 unspecified atom stereocenters. The van der Waals surface area contributed by atoms with Crippen LogP contribution in [0, 0.1) is 0 Å². The van der Waals surface area contributed by atoms with Gasteiger partial charge in [-0.05, 0) is 48.1 Å². The van der Waals surface area contributed by atoms with E-state index < -0.39 is 11.9 Å². The van der Waals surface area contributed by atoms with Crippen LogP contribution < -0.4 is 19.5 Å². The summed E-state index contributed by atoms with van der Waals surface area (Å²) in [4.78, 5) is 28.7. The second-order valence-corrected chi connectivity index (χ2v) is 10.5. The Hall–Kier alpha value is -4.04. The standard InChI is InChI=1S/C31H31NO6S/c1-18-27(31(34)38-17-19-9-6-5-7-10-19)28(21-15-24(35-2)30(37-4)25(16-21)36-3)29-22(32-18)13-20(14-23(29)33)26-11-8-12-39-26/h5-12,15-16,20,28,32H,13-14,17H2,1-4H3. The molecule has 0 saturated carbocycles. The van der Waals surface area contributed by atoms with Crippen LogP contribution in [0.2, 0.25) is 0 Å². The second-order valence-electron chi connectivity index (χ2n) is 9.55. The van der Waals surface area contributed by atoms with Gasteiger partial charge in [-0.1, -0.05) is 36.4 Å². The number of nitrogens with one attached hydrogen (secondary N) is 1. The molecule has 1 N–H and O–H groups in total. The molecule has 0 radical (unpaired) electrons. The Bertz CT molecular complexity index is 1420. The maximum absolute atomic E-state index is 13.8. The number of Topliss-reactive ketones (excluding diaryl/α,β-unsaturated/α-hetero) is 1. The van der Waals surface area contributed by atoms with Crippen molar-refractivity contribution in [3.63, 3.8) is 0 Å². The van der Waals surface area contributed by atoms with Gasteiger partial charge in [0, 0.05) is 40.1 Å². The van der Waals surface area contributed by atoms with Crippen LogP contribution in [0.15, 0.2) is 82.5 Å². The lowest BCUT2D eigenvalue weighted by atomic mass is 9.72. The normalized spacial score (nSPS) is 18.8. The van der Waals surface area contributed by atoms with Gasteiger partial charge in [0.2, 0.25) is 5.75 Å². The lowest BCUT2D eigenvalue weighted by Gasteiger charge is -2.36. The third-order valence-corrected chi connectivity index (χ3v) is 8.26. The van der Waals surface area contributed by atoms with Crippen molar-refractivity contribution in [2.75, 3.05) is 21.3 Å². The zero-order chi connectivity index (χ0) is 27.5. The van der Waals surface area contributed by atoms with Gasteiger partial charge in [-0.2, -0.15) is 0 Å². The van der Waals surface area contributed by atoms with E-state index in [1.807, 2.05) is 48.7 Å². The maximum atomic E-state index is 13.8. The minimum Gasteiger partial charge on any atom is -0.493 e. The summed E-state index contributed by atoms with van der Waals surface area (Å²) in [7, 11) is 4.63. The fourth-order valence-corrected chi connectivity index (χ4v) is 6.27. The van der Waals surface area contributed by atoms with E-state index in [9.17, 15) is 9.59 Å². The molecule has 7 nitrogen and oxygen atoms in total. The molecular formula is C31H31NO6S. The molecule has 39 heavy (non-hydrogen) atoms. The quantitative estimate of drug-likeness (QED) is 0.354. The molecule has 1 aliphatic carbocycles. The average Bonchev–Trinajstić information content (AvgIpc) is 3.50. The number of ether oxygens (including phenoxy) is 4. The first-order valence-corrected chi connectivity index (χ1v) is 13.6. The molecule has 2 aromatic carbocycles. The summed E-state index contributed by atoms with van der Waals surface area (Å²) >= 11 is 1.66. The number of carbonyl (C=O) groups is 2. The van der Waals surface area contributed by atoms with E-state index >= 15 is 0 Å². The van der Waals surface area contributed by atoms with Crippen molar-refractivity contribution < 1.29 is 28.5 Å². The van der Waals surface area contributed by atoms with Crippen molar-refractivity contribution in [1.29, 1.82) is 0 Å². The molecule has 2 heterocycles. The minimum atomic E-state index is -0.657. The first-order chi connectivity index (χ1) is 18.9. The number of esters is 1. The van der Waals surface area contributed by atoms with Crippen LogP contribution in [0.5, 0.6) is 17.2 Å². The predicted molar refractivity (Wildman–Crippen MR) is 149 cm³/mol. The summed E-state index contributed by atoms with van der Waals surface area (Å²) < 4.78 is 22.5. The SMILES string of the molecule is COc1cc(C2C(C(=O)OCc3ccccc3)=C(C)NC3=C2C(=O)CC(c2cccs2)C3)cc(OC)c1OC. The Balaban J connectivity index is 1.60. The minimum absolute atomic E-state index is 0.00163. The summed E-state index contributed by atoms with van der Waals surface area (Å²) in [6.07, 6.45) is 1.04. The Morgan fingerprint density at radius 2 is 1.69 bits per heavy atom. The van der Waals surface area contributed by atoms with Crippen LogP contribution in [0.4, 0.5) is 0 Å². The van der Waals surface area contributed by atoms with Crippen molar-refractivity contribution in [2.24, 2.45) is 0 Å². The number of thiophene rings is 1. The van der Waals surface area contributed by atoms with E-state index in [1.54, 1.807) is 37.7 Å². The molecule has 202 valence electrons. The number of benzene rings is 2. The smallest absolute Gasteiger partial charge is 0.337 e. The Labute approximate surface area is 232 Å². The lowest BCUT2D eigenvalue weighted by Crippen LogP contribution is -2.36. The molecule has 1 aliphatic heterocycles. The van der Waals surface area contributed by atoms with Crippen LogP contribution in [0.3, 0.4) is 0 Å². The van der Waals surface area contributed by atoms with Gasteiger partial charge in [0.25, 0.3) is 0 Å². The van der Waals surface area contributed by atoms with Crippen molar-refractivity contribution in [1.82, 2.24) is 5.32 Å². The summed E-state index contributed by atoms with van der Waals surface area (Å²) in [5, 5.41) is 5.43. The van der Waals surface area contributed by atoms with E-state index in [2.05, 4.69) is 11.4 Å². The van der Waals surface area contributed by atoms with Crippen molar-refractivity contribution in [2.45, 2.75) is 38.2 Å². The monoisotopic (exact) mass is 545 g/mol. The van der Waals surface area contributed by atoms with Crippen LogP contribution >= 0.6 is 11.3 Å². The molecule has 8 heteroatoms. The van der Waals surface area contributed by atoms with Crippen LogP contribution in [0.25, 0.3) is 0 Å². The molecule has 1 aromatic heterocycles. The van der Waals surface area contributed by atoms with E-state index in [-0.39, 0.29) is 18.3 Å². The zero-order valence-corrected chi connectivity index (χ0v) is 23.2. The van der Waals surface area contributed by atoms with Crippen LogP contribution in [-0.2, 0) is 20.9 Å². The number of carbonyl (C=O) groups excluding carboxylic acids is 2. The molecule has 3 aromatic rings. The summed E-state index contributed by atoms with van der Waals surface area (Å²) in [6.45, 7) is 1.98. The van der Waals surface area contributed by atoms with Gasteiger partial charge in [0.05, 0.1) is 26.9 Å². The van der Waals surface area contributed by atoms with Gasteiger partial charge in [0.1, 0.15) is 6.61 Å². The topological polar surface area (TPSA) is 83.1 Å². The van der Waals surface area contributed by atoms with Gasteiger partial charge in [-0.3, -0.25) is 4.79 Å². The first-order valence-electron chi connectivity index (χ1n) is 12.7. The summed E-state index contributed by atoms with van der Waals surface area (Å²) in [5.41, 5.74) is 4.03. The van der Waals surface area contributed by atoms with Crippen molar-refractivity contribution in [3.05, 3.63) is 98.5 Å². The number of hydrogen-bond donors (Lipinski definition) is 1. The second kappa shape index (κ2) is 11.4. The maximum Gasteiger partial charge on any atom is 0.337 e. The Morgan fingerprint density at radius 1 is 0.974 bits per heavy atom. The lowest BCUT2D eigenvalue weighted by molar-refractivity contribution is -0.140. The predicted octanol–water partition coefficient (Wildman–Crippen LogP) is 5.88. The van der Waals surface area contributed by atoms with Gasteiger partial charge in [-0.25, -0.2) is 4.79 Å². The van der Waals surface area contributed by atoms with Gasteiger partial charge in [0.15, 0.2) is 17.3 Å². The highest BCUT2D eigenvalue weighted by Crippen LogP contribution is 2.49. The van der Waals surface area contributed by atoms with E-state index in [0.717, 1.165) is 11.3 Å². The van der Waals surface area contributed by atoms with E-state index in [0.29, 0.717) is 52.5 Å². The number of ketones is 1. The first kappa shape index (κ1) is 26.6. The molecule has 0 fully saturated rings. The average molecular weight is 546 g/mol. The third kappa shape index (κ3) is 5.16. The number of methoxy groups -OCH3 is 3. The number of dihydropyridines is 1. The molecule has 5 rings (SSSR count). The largest absolute Gasteiger partial charge is 0.493 e. The molecule has 0 bridgehead atoms. The van der Waals surface area contributed by atoms with Gasteiger partial charge >= 0.3 is 5.97 Å². The van der Waals surface area contributed by atoms with E-state index in [4.69, 9.17) is 18.9 Å². The molecule has 0 amide bonds. The number of rotatable bonds is 8. The van der Waals surface area contributed by atoms with Gasteiger partial charge < -0.3 is 24.3 Å². The van der Waals surface area contributed by atoms with Gasteiger partial charge in [-0.15, -0.1) is 11.3 Å². The van der Waals surface area contributed by atoms with Crippen LogP contribution in [-0.4, -0.2) is 33.1 Å². The highest BCUT2D eigenvalue weighted by atomic mass is 32.1. The van der Waals surface area contributed by atoms with Crippen LogP contribution in [0.1, 0.15) is 47.6 Å². The Kier molecular flexibility index (Phi) is 7.74.